The first-order valence-corrected chi connectivity index (χ1v) is 19.0. The molecule has 4 aromatic carbocycles. The molecule has 10 heteroatoms. The van der Waals surface area contributed by atoms with Crippen LogP contribution in [-0.4, -0.2) is 69.2 Å². The van der Waals surface area contributed by atoms with Crippen molar-refractivity contribution >= 4 is 45.4 Å². The van der Waals surface area contributed by atoms with Gasteiger partial charge in [0.1, 0.15) is 6.61 Å². The molecule has 0 saturated heterocycles. The van der Waals surface area contributed by atoms with Crippen molar-refractivity contribution in [1.29, 1.82) is 0 Å². The lowest BCUT2D eigenvalue weighted by atomic mass is 9.98. The molecule has 0 aliphatic heterocycles. The van der Waals surface area contributed by atoms with Crippen LogP contribution in [0.2, 0.25) is 0 Å². The summed E-state index contributed by atoms with van der Waals surface area (Å²) in [5.41, 5.74) is 1.69. The van der Waals surface area contributed by atoms with Gasteiger partial charge in [0, 0.05) is 13.2 Å². The van der Waals surface area contributed by atoms with Crippen LogP contribution in [0, 0.1) is 5.41 Å². The Bertz CT molecular complexity index is 1810. The summed E-state index contributed by atoms with van der Waals surface area (Å²) in [6.07, 6.45) is 3.63. The third kappa shape index (κ3) is 13.9. The van der Waals surface area contributed by atoms with Crippen LogP contribution in [0.25, 0.3) is 21.5 Å². The molecule has 4 aromatic rings. The zero-order valence-corrected chi connectivity index (χ0v) is 32.1. The molecule has 2 atom stereocenters. The van der Waals surface area contributed by atoms with Crippen LogP contribution in [0.3, 0.4) is 0 Å². The van der Waals surface area contributed by atoms with Crippen molar-refractivity contribution in [3.63, 3.8) is 0 Å². The highest BCUT2D eigenvalue weighted by atomic mass is 16.7. The van der Waals surface area contributed by atoms with Gasteiger partial charge in [-0.1, -0.05) is 97.8 Å². The van der Waals surface area contributed by atoms with E-state index in [4.69, 9.17) is 23.7 Å². The number of hydrogen-bond donors (Lipinski definition) is 1. The largest absolute Gasteiger partial charge is 0.464 e. The topological polar surface area (TPSA) is 126 Å². The van der Waals surface area contributed by atoms with Gasteiger partial charge in [0.2, 0.25) is 6.79 Å². The minimum Gasteiger partial charge on any atom is -0.464 e. The Balaban J connectivity index is 1.34. The molecule has 0 fully saturated rings. The summed E-state index contributed by atoms with van der Waals surface area (Å²) in [7, 11) is 0. The summed E-state index contributed by atoms with van der Waals surface area (Å²) in [6, 6.07) is 29.5. The first-order chi connectivity index (χ1) is 26.0. The molecule has 1 N–H and O–H groups in total. The Morgan fingerprint density at radius 3 is 1.78 bits per heavy atom. The van der Waals surface area contributed by atoms with Crippen molar-refractivity contribution in [3.8, 4) is 0 Å². The van der Waals surface area contributed by atoms with E-state index in [9.17, 15) is 19.2 Å². The second-order valence-electron chi connectivity index (χ2n) is 14.4. The second-order valence-corrected chi connectivity index (χ2v) is 14.4. The molecule has 0 radical (unpaired) electrons. The van der Waals surface area contributed by atoms with Gasteiger partial charge in [0.25, 0.3) is 5.91 Å². The fourth-order valence-corrected chi connectivity index (χ4v) is 5.93. The van der Waals surface area contributed by atoms with E-state index in [1.165, 1.54) is 32.7 Å². The molecule has 0 aliphatic rings. The first kappa shape index (κ1) is 41.9. The molecule has 0 aromatic heterocycles. The lowest BCUT2D eigenvalue weighted by molar-refractivity contribution is -0.190. The Morgan fingerprint density at radius 2 is 1.20 bits per heavy atom. The molecule has 2 unspecified atom stereocenters. The van der Waals surface area contributed by atoms with Gasteiger partial charge in [-0.15, -0.1) is 0 Å². The van der Waals surface area contributed by atoms with E-state index in [0.717, 1.165) is 38.5 Å². The average Bonchev–Trinajstić information content (AvgIpc) is 3.16. The lowest BCUT2D eigenvalue weighted by Gasteiger charge is -2.25. The van der Waals surface area contributed by atoms with Crippen LogP contribution in [0.15, 0.2) is 84.9 Å². The molecule has 0 bridgehead atoms. The number of unbranched alkanes of at least 4 members (excludes halogenated alkanes) is 4. The number of nitrogens with one attached hydrogen (secondary N) is 1. The maximum Gasteiger partial charge on any atom is 0.341 e. The van der Waals surface area contributed by atoms with Gasteiger partial charge in [-0.2, -0.15) is 0 Å². The summed E-state index contributed by atoms with van der Waals surface area (Å²) in [5.74, 6) is -2.87. The SMILES string of the molecule is CCOC(=O)COC(C(=O)OCOC(=O)C(C)(C)C)C(OCCCCCc1ccc2ccccc2c1)C(=O)NCCCCCc1ccc2ccccc2c1. The highest BCUT2D eigenvalue weighted by molar-refractivity contribution is 5.89. The molecular weight excluding hydrogens is 686 g/mol. The highest BCUT2D eigenvalue weighted by Gasteiger charge is 2.38. The average molecular weight is 742 g/mol. The summed E-state index contributed by atoms with van der Waals surface area (Å²) >= 11 is 0. The molecule has 0 heterocycles. The molecule has 290 valence electrons. The Hall–Kier alpha value is -4.80. The molecule has 10 nitrogen and oxygen atoms in total. The van der Waals surface area contributed by atoms with Crippen LogP contribution in [-0.2, 0) is 55.7 Å². The van der Waals surface area contributed by atoms with E-state index < -0.39 is 54.8 Å². The Morgan fingerprint density at radius 1 is 0.630 bits per heavy atom. The number of hydrogen-bond acceptors (Lipinski definition) is 9. The monoisotopic (exact) mass is 741 g/mol. The Kier molecular flexibility index (Phi) is 16.9. The molecule has 4 rings (SSSR count). The third-order valence-corrected chi connectivity index (χ3v) is 8.93. The zero-order valence-electron chi connectivity index (χ0n) is 32.1. The molecule has 54 heavy (non-hydrogen) atoms. The van der Waals surface area contributed by atoms with Crippen LogP contribution >= 0.6 is 0 Å². The highest BCUT2D eigenvalue weighted by Crippen LogP contribution is 2.20. The predicted octanol–water partition coefficient (Wildman–Crippen LogP) is 7.66. The molecule has 1 amide bonds. The predicted molar refractivity (Wildman–Crippen MR) is 209 cm³/mol. The van der Waals surface area contributed by atoms with Crippen LogP contribution in [0.5, 0.6) is 0 Å². The van der Waals surface area contributed by atoms with Gasteiger partial charge in [-0.05, 0) is 98.9 Å². The van der Waals surface area contributed by atoms with Crippen molar-refractivity contribution in [2.75, 3.05) is 33.2 Å². The zero-order chi connectivity index (χ0) is 38.8. The summed E-state index contributed by atoms with van der Waals surface area (Å²) in [6.45, 7) is 5.98. The number of benzene rings is 4. The van der Waals surface area contributed by atoms with E-state index in [2.05, 4.69) is 66.0 Å². The van der Waals surface area contributed by atoms with E-state index >= 15 is 0 Å². The van der Waals surface area contributed by atoms with Crippen molar-refractivity contribution in [3.05, 3.63) is 96.1 Å². The molecular formula is C44H55NO9. The number of amides is 1. The first-order valence-electron chi connectivity index (χ1n) is 19.0. The fourth-order valence-electron chi connectivity index (χ4n) is 5.93. The number of ether oxygens (including phenoxy) is 5. The number of fused-ring (bicyclic) bond motifs is 2. The van der Waals surface area contributed by atoms with E-state index in [1.54, 1.807) is 27.7 Å². The van der Waals surface area contributed by atoms with Gasteiger partial charge in [0.15, 0.2) is 12.2 Å². The van der Waals surface area contributed by atoms with Gasteiger partial charge >= 0.3 is 17.9 Å². The summed E-state index contributed by atoms with van der Waals surface area (Å²) in [5, 5.41) is 7.70. The molecule has 0 saturated carbocycles. The van der Waals surface area contributed by atoms with Gasteiger partial charge in [-0.25, -0.2) is 9.59 Å². The summed E-state index contributed by atoms with van der Waals surface area (Å²) < 4.78 is 27.0. The standard InChI is InChI=1S/C44H55NO9/c1-5-50-38(46)30-52-40(42(48)53-31-54-43(49)44(2,3)4)39(51-27-15-7-9-17-33-23-25-35-19-11-13-21-37(35)29-33)41(47)45-26-14-6-8-16-32-22-24-34-18-10-12-20-36(34)28-32/h10-13,18-25,28-29,39-40H,5-9,14-17,26-27,30-31H2,1-4H3,(H,45,47). The second kappa shape index (κ2) is 21.8. The molecule has 0 aliphatic carbocycles. The minimum absolute atomic E-state index is 0.112. The number of rotatable bonds is 22. The van der Waals surface area contributed by atoms with Gasteiger partial charge < -0.3 is 29.0 Å². The van der Waals surface area contributed by atoms with Crippen LogP contribution in [0.1, 0.15) is 77.3 Å². The number of aryl methyl sites for hydroxylation is 2. The maximum absolute atomic E-state index is 13.6. The third-order valence-electron chi connectivity index (χ3n) is 8.93. The fraction of sp³-hybridized carbons (Fsp3) is 0.455. The quantitative estimate of drug-likeness (QED) is 0.0491. The minimum atomic E-state index is -1.62. The van der Waals surface area contributed by atoms with Gasteiger partial charge in [0.05, 0.1) is 12.0 Å². The Labute approximate surface area is 318 Å². The van der Waals surface area contributed by atoms with Crippen molar-refractivity contribution < 1.29 is 42.9 Å². The van der Waals surface area contributed by atoms with Crippen molar-refractivity contribution in [2.45, 2.75) is 91.3 Å². The van der Waals surface area contributed by atoms with Gasteiger partial charge in [-0.3, -0.25) is 9.59 Å². The van der Waals surface area contributed by atoms with E-state index in [0.29, 0.717) is 19.4 Å². The molecule has 0 spiro atoms. The van der Waals surface area contributed by atoms with Crippen molar-refractivity contribution in [1.82, 2.24) is 5.32 Å². The smallest absolute Gasteiger partial charge is 0.341 e. The number of carbonyl (C=O) groups excluding carboxylic acids is 4. The van der Waals surface area contributed by atoms with Crippen LogP contribution in [0.4, 0.5) is 0 Å². The number of carbonyl (C=O) groups is 4. The van der Waals surface area contributed by atoms with E-state index in [-0.39, 0.29) is 13.2 Å². The normalized spacial score (nSPS) is 12.6. The summed E-state index contributed by atoms with van der Waals surface area (Å²) in [4.78, 5) is 51.5. The number of esters is 3. The van der Waals surface area contributed by atoms with Crippen LogP contribution < -0.4 is 5.32 Å². The maximum atomic E-state index is 13.6. The van der Waals surface area contributed by atoms with E-state index in [1.807, 2.05) is 24.3 Å². The van der Waals surface area contributed by atoms with Crippen molar-refractivity contribution in [2.24, 2.45) is 5.41 Å². The lowest BCUT2D eigenvalue weighted by Crippen LogP contribution is -2.50.